The molecule has 1 rings (SSSR count). The number of nitrogen functional groups attached to an aromatic ring is 1. The van der Waals surface area contributed by atoms with E-state index in [4.69, 9.17) is 25.2 Å². The highest BCUT2D eigenvalue weighted by molar-refractivity contribution is 7.66. The topological polar surface area (TPSA) is 270 Å². The Morgan fingerprint density at radius 3 is 2.26 bits per heavy atom. The molecule has 180 valence electrons. The molecule has 0 bridgehead atoms. The van der Waals surface area contributed by atoms with E-state index < -0.39 is 60.8 Å². The Morgan fingerprint density at radius 1 is 1.16 bits per heavy atom. The van der Waals surface area contributed by atoms with Gasteiger partial charge in [-0.25, -0.2) is 18.5 Å². The molecule has 1 heterocycles. The number of nitrogens with zero attached hydrogens (tertiary/aromatic N) is 2. The van der Waals surface area contributed by atoms with Gasteiger partial charge in [0.05, 0.1) is 19.3 Å². The fraction of sp³-hybridized carbons (Fsp3) is 0.636. The number of phosphoric ester groups is 1. The minimum Gasteiger partial charge on any atom is -0.392 e. The summed E-state index contributed by atoms with van der Waals surface area (Å²) in [4.78, 5) is 51.0. The van der Waals surface area contributed by atoms with Gasteiger partial charge in [0.15, 0.2) is 6.23 Å². The van der Waals surface area contributed by atoms with Crippen molar-refractivity contribution in [3.8, 4) is 0 Å². The van der Waals surface area contributed by atoms with E-state index in [0.717, 1.165) is 10.8 Å². The van der Waals surface area contributed by atoms with Crippen molar-refractivity contribution >= 4 is 29.3 Å². The molecule has 0 aliphatic carbocycles. The van der Waals surface area contributed by atoms with Gasteiger partial charge in [-0.1, -0.05) is 6.92 Å². The maximum Gasteiger partial charge on any atom is 0.490 e. The third-order valence-corrected chi connectivity index (χ3v) is 7.12. The van der Waals surface area contributed by atoms with Crippen LogP contribution in [0.4, 0.5) is 5.82 Å². The molecule has 8 N–H and O–H groups in total. The molecular formula is C11H22N3O14P3. The fourth-order valence-electron chi connectivity index (χ4n) is 2.02. The second-order valence-electron chi connectivity index (χ2n) is 5.72. The monoisotopic (exact) mass is 513 g/mol. The smallest absolute Gasteiger partial charge is 0.392 e. The van der Waals surface area contributed by atoms with Crippen molar-refractivity contribution in [2.45, 2.75) is 31.8 Å². The van der Waals surface area contributed by atoms with Gasteiger partial charge < -0.3 is 40.3 Å². The van der Waals surface area contributed by atoms with Crippen LogP contribution in [0.15, 0.2) is 17.1 Å². The molecule has 1 aromatic heterocycles. The van der Waals surface area contributed by atoms with Crippen molar-refractivity contribution in [1.82, 2.24) is 9.55 Å². The van der Waals surface area contributed by atoms with Gasteiger partial charge >= 0.3 is 29.2 Å². The zero-order chi connectivity index (χ0) is 24.0. The number of rotatable bonds is 13. The number of aliphatic hydroxyl groups is 2. The number of anilines is 1. The van der Waals surface area contributed by atoms with Gasteiger partial charge in [-0.05, 0) is 12.5 Å². The molecule has 0 radical (unpaired) electrons. The third-order valence-electron chi connectivity index (χ3n) is 3.32. The van der Waals surface area contributed by atoms with Crippen LogP contribution in [0.3, 0.4) is 0 Å². The number of hydrogen-bond acceptors (Lipinski definition) is 12. The highest BCUT2D eigenvalue weighted by Gasteiger charge is 2.41. The fourth-order valence-corrected chi connectivity index (χ4v) is 5.05. The molecule has 31 heavy (non-hydrogen) atoms. The van der Waals surface area contributed by atoms with Crippen LogP contribution in [-0.2, 0) is 31.6 Å². The lowest BCUT2D eigenvalue weighted by Gasteiger charge is -2.28. The number of ether oxygens (including phenoxy) is 1. The summed E-state index contributed by atoms with van der Waals surface area (Å²) >= 11 is 0. The number of nitrogens with two attached hydrogens (primary N) is 1. The SMILES string of the molecule is CC[C@H](O)[C@@H](COP(=O)(O)OP(=O)(O)OP(=O)(O)O)OC(CO)n1ccc(N)nc1=O. The van der Waals surface area contributed by atoms with Gasteiger partial charge in [-0.2, -0.15) is 13.6 Å². The van der Waals surface area contributed by atoms with E-state index in [1.807, 2.05) is 0 Å². The Hall–Kier alpha value is -1.03. The minimum absolute atomic E-state index is 0.00252. The lowest BCUT2D eigenvalue weighted by atomic mass is 10.1. The quantitative estimate of drug-likeness (QED) is 0.153. The molecule has 0 amide bonds. The maximum atomic E-state index is 11.9. The molecule has 17 nitrogen and oxygen atoms in total. The third kappa shape index (κ3) is 9.97. The summed E-state index contributed by atoms with van der Waals surface area (Å²) in [5, 5.41) is 19.6. The Morgan fingerprint density at radius 2 is 1.77 bits per heavy atom. The van der Waals surface area contributed by atoms with E-state index >= 15 is 0 Å². The van der Waals surface area contributed by atoms with Gasteiger partial charge in [0.25, 0.3) is 0 Å². The van der Waals surface area contributed by atoms with E-state index in [-0.39, 0.29) is 12.2 Å². The van der Waals surface area contributed by atoms with Crippen LogP contribution in [0.25, 0.3) is 0 Å². The number of aliphatic hydroxyl groups excluding tert-OH is 2. The summed E-state index contributed by atoms with van der Waals surface area (Å²) < 4.78 is 51.5. The van der Waals surface area contributed by atoms with Crippen molar-refractivity contribution in [3.63, 3.8) is 0 Å². The minimum atomic E-state index is -5.73. The zero-order valence-electron chi connectivity index (χ0n) is 15.8. The Balaban J connectivity index is 2.95. The second-order valence-corrected chi connectivity index (χ2v) is 10.1. The molecular weight excluding hydrogens is 491 g/mol. The second kappa shape index (κ2) is 11.2. The zero-order valence-corrected chi connectivity index (χ0v) is 18.5. The molecule has 3 unspecified atom stereocenters. The van der Waals surface area contributed by atoms with Gasteiger partial charge in [0.1, 0.15) is 11.9 Å². The molecule has 5 atom stereocenters. The highest BCUT2D eigenvalue weighted by atomic mass is 31.3. The van der Waals surface area contributed by atoms with Crippen LogP contribution in [0, 0.1) is 0 Å². The van der Waals surface area contributed by atoms with Crippen molar-refractivity contribution < 1.29 is 61.4 Å². The van der Waals surface area contributed by atoms with E-state index in [9.17, 15) is 33.6 Å². The largest absolute Gasteiger partial charge is 0.490 e. The number of aromatic nitrogens is 2. The number of phosphoric acid groups is 3. The Kier molecular flexibility index (Phi) is 10.1. The first-order valence-electron chi connectivity index (χ1n) is 8.16. The summed E-state index contributed by atoms with van der Waals surface area (Å²) in [7, 11) is -16.8. The average molecular weight is 513 g/mol. The van der Waals surface area contributed by atoms with Gasteiger partial charge in [-0.3, -0.25) is 9.09 Å². The first kappa shape index (κ1) is 28.0. The molecule has 0 aromatic carbocycles. The van der Waals surface area contributed by atoms with E-state index in [2.05, 4.69) is 18.1 Å². The predicted molar refractivity (Wildman–Crippen MR) is 100 cm³/mol. The summed E-state index contributed by atoms with van der Waals surface area (Å²) in [6, 6.07) is 1.21. The summed E-state index contributed by atoms with van der Waals surface area (Å²) in [5.41, 5.74) is 4.44. The molecule has 0 saturated carbocycles. The molecule has 20 heteroatoms. The Bertz CT molecular complexity index is 934. The molecule has 0 fully saturated rings. The van der Waals surface area contributed by atoms with Crippen LogP contribution < -0.4 is 11.4 Å². The van der Waals surface area contributed by atoms with Gasteiger partial charge in [-0.15, -0.1) is 0 Å². The van der Waals surface area contributed by atoms with Crippen molar-refractivity contribution in [1.29, 1.82) is 0 Å². The van der Waals surface area contributed by atoms with Crippen molar-refractivity contribution in [2.24, 2.45) is 0 Å². The molecule has 0 aliphatic rings. The number of hydrogen-bond donors (Lipinski definition) is 7. The van der Waals surface area contributed by atoms with Crippen LogP contribution in [0.5, 0.6) is 0 Å². The van der Waals surface area contributed by atoms with Crippen LogP contribution >= 0.6 is 23.5 Å². The standard InChI is InChI=1S/C11H22N3O14P3/c1-2-7(16)8(26-10(5-15)14-4-3-9(12)13-11(14)17)6-25-30(21,22)28-31(23,24)27-29(18,19)20/h3-4,7-8,10,15-16H,2,5-6H2,1H3,(H,21,22)(H,23,24)(H2,12,13,17)(H2,18,19,20)/t7-,8+,10?/m0/s1. The maximum absolute atomic E-state index is 11.9. The first-order valence-corrected chi connectivity index (χ1v) is 12.7. The normalized spacial score (nSPS) is 19.2. The molecule has 1 aromatic rings. The van der Waals surface area contributed by atoms with E-state index in [0.29, 0.717) is 0 Å². The first-order chi connectivity index (χ1) is 14.1. The lowest BCUT2D eigenvalue weighted by Crippen LogP contribution is -2.39. The molecule has 0 saturated heterocycles. The van der Waals surface area contributed by atoms with Crippen LogP contribution in [0.2, 0.25) is 0 Å². The van der Waals surface area contributed by atoms with E-state index in [1.165, 1.54) is 13.0 Å². The van der Waals surface area contributed by atoms with Gasteiger partial charge in [0, 0.05) is 6.20 Å². The molecule has 0 aliphatic heterocycles. The van der Waals surface area contributed by atoms with Crippen molar-refractivity contribution in [3.05, 3.63) is 22.7 Å². The predicted octanol–water partition coefficient (Wildman–Crippen LogP) is -1.18. The highest BCUT2D eigenvalue weighted by Crippen LogP contribution is 2.66. The molecule has 0 spiro atoms. The van der Waals surface area contributed by atoms with E-state index in [1.54, 1.807) is 0 Å². The van der Waals surface area contributed by atoms with Crippen LogP contribution in [-0.4, -0.2) is 64.8 Å². The lowest BCUT2D eigenvalue weighted by molar-refractivity contribution is -0.137. The summed E-state index contributed by atoms with van der Waals surface area (Å²) in [6.45, 7) is -0.323. The Labute approximate surface area is 174 Å². The summed E-state index contributed by atoms with van der Waals surface area (Å²) in [5.74, 6) is -0.115. The van der Waals surface area contributed by atoms with Gasteiger partial charge in [0.2, 0.25) is 0 Å². The van der Waals surface area contributed by atoms with Crippen LogP contribution in [0.1, 0.15) is 19.6 Å². The van der Waals surface area contributed by atoms with Crippen molar-refractivity contribution in [2.75, 3.05) is 18.9 Å². The average Bonchev–Trinajstić information content (AvgIpc) is 2.59. The summed E-state index contributed by atoms with van der Waals surface area (Å²) in [6.07, 6.45) is -3.22.